The predicted molar refractivity (Wildman–Crippen MR) is 581 cm³/mol. The van der Waals surface area contributed by atoms with E-state index >= 15 is 0 Å². The van der Waals surface area contributed by atoms with Gasteiger partial charge in [-0.05, 0) is 218 Å². The van der Waals surface area contributed by atoms with Gasteiger partial charge in [0.15, 0.2) is 6.29 Å². The van der Waals surface area contributed by atoms with Gasteiger partial charge in [-0.15, -0.1) is 39.2 Å². The Bertz CT molecular complexity index is 8510. The number of aliphatic hydroxyl groups excluding tert-OH is 1. The molecule has 1 atom stereocenters. The van der Waals surface area contributed by atoms with Crippen LogP contribution in [-0.2, 0) is 9.68 Å². The van der Waals surface area contributed by atoms with Gasteiger partial charge in [0.25, 0.3) is 0 Å². The zero-order valence-electron chi connectivity index (χ0n) is 74.7. The number of aromatic nitrogens is 2. The number of nitrogens with zero attached hydrogens (tertiary/aromatic N) is 3. The van der Waals surface area contributed by atoms with Gasteiger partial charge in [0.2, 0.25) is 0 Å². The SMILES string of the molecule is CC1(C)ON(c2cc3c4ccccc4n4c5ccccc5c(c2)c34)OC1(C)C.Clc1cccc(-c2cccc(-c3cccc4c3sc3ccccc34)c2)c1.Clc1cccc(-c2cccc(Br)c2)c1.OC(O)c1cccc2c1sc1ccccc12.[2H]B([3H])[B]P.[CH3-].c1cc(-c2cccc(-c3cccc4c3sc3ccccc34)c2)cc(-c2cc3c4ccccc4n4c5ccccc5c(c2)c34)c1. The number of thiophene rings is 3. The molecule has 2 N–H and O–H groups in total. The van der Waals surface area contributed by atoms with Crippen LogP contribution >= 0.6 is 82.3 Å². The fourth-order valence-electron chi connectivity index (χ4n) is 18.5. The van der Waals surface area contributed by atoms with E-state index in [1.54, 1.807) is 22.6 Å². The maximum Gasteiger partial charge on any atom is 0.179 e. The third-order valence-corrected chi connectivity index (χ3v) is 29.9. The molecule has 132 heavy (non-hydrogen) atoms. The Morgan fingerprint density at radius 3 is 1.03 bits per heavy atom. The number of aliphatic hydroxyl groups is 2. The standard InChI is InChI=1S/C42H25NS.C24H15ClS.C24H22N2O2.C13H10O2S.C12H8BrCl.CH3.B2H4P/c1-4-19-38-32(14-1)36-24-30(25-37-33-15-2-5-20-39(33)43(38)41(36)37)28-12-7-10-26(22-28)27-11-8-13-29(23-27)31-17-9-18-35-34-16-3-6-21-40(34)44-42(31)35;25-19-9-4-7-17(15-19)16-6-3-8-18(14-16)20-11-5-12-22-21-10-1-2-13-23(21)26-24(20)22;1-23(2)24(3,4)28-26(27-23)15-13-18-16-9-5-7-11-20(16)25-21-12-8-6-10-17(21)19(14-15)22(18)25;14-13(15)10-6-3-5-9-8-4-1-2-7-11(8)16-12(9)10;13-11-5-1-3-9(7-11)10-4-2-6-12(14)8-10;;1-2-3/h1-25H;1-15H;5-14H,1-4H3;1-7,13-15H;1-8H;1H3;1,3H2/q;;;;;-1;/i;;;;;;1TD. The van der Waals surface area contributed by atoms with E-state index in [0.717, 1.165) is 41.4 Å². The number of fused-ring (bicyclic) bond motifs is 21. The average Bonchev–Trinajstić information content (AvgIpc) is 1.54. The Morgan fingerprint density at radius 1 is 0.348 bits per heavy atom. The smallest absolute Gasteiger partial charge is 0.179 e. The van der Waals surface area contributed by atoms with Gasteiger partial charge in [0.05, 0.1) is 53.3 Å². The van der Waals surface area contributed by atoms with Crippen LogP contribution in [0.15, 0.2) is 399 Å². The minimum absolute atomic E-state index is 0. The molecule has 8 heterocycles. The molecule has 0 spiro atoms. The monoisotopic (exact) mass is 1890 g/mol. The van der Waals surface area contributed by atoms with E-state index < -0.39 is 25.2 Å². The van der Waals surface area contributed by atoms with E-state index in [1.807, 2.05) is 108 Å². The van der Waals surface area contributed by atoms with E-state index in [4.69, 9.17) is 35.5 Å². The number of rotatable bonds is 9. The maximum absolute atomic E-state index is 9.31. The van der Waals surface area contributed by atoms with Crippen LogP contribution in [0.4, 0.5) is 5.69 Å². The van der Waals surface area contributed by atoms with Crippen LogP contribution in [0.2, 0.25) is 10.0 Å². The molecule has 7 nitrogen and oxygen atoms in total. The lowest BCUT2D eigenvalue weighted by Crippen LogP contribution is -2.41. The summed E-state index contributed by atoms with van der Waals surface area (Å²) in [5.41, 5.74) is 22.9. The Balaban J connectivity index is 0.000000108. The minimum Gasteiger partial charge on any atom is -0.364 e. The lowest BCUT2D eigenvalue weighted by Gasteiger charge is -2.26. The van der Waals surface area contributed by atoms with E-state index in [1.165, 1.54) is 189 Å². The molecule has 25 aromatic rings. The fourth-order valence-corrected chi connectivity index (χ4v) is 22.9. The first-order chi connectivity index (χ1) is 64.8. The van der Waals surface area contributed by atoms with Crippen molar-refractivity contribution >= 4 is 239 Å². The molecule has 1 fully saturated rings. The predicted octanol–water partition coefficient (Wildman–Crippen LogP) is 33.6. The topological polar surface area (TPSA) is 71.0 Å². The molecule has 0 bridgehead atoms. The van der Waals surface area contributed by atoms with Crippen molar-refractivity contribution in [1.29, 1.82) is 2.67 Å². The Kier molecular flexibility index (Phi) is 23.5. The zero-order valence-corrected chi connectivity index (χ0v) is 79.5. The van der Waals surface area contributed by atoms with Gasteiger partial charge in [0.1, 0.15) is 11.2 Å². The van der Waals surface area contributed by atoms with Crippen molar-refractivity contribution in [3.63, 3.8) is 0 Å². The molecule has 0 saturated carbocycles. The third kappa shape index (κ3) is 16.2. The molecule has 1 unspecified atom stereocenters. The molecule has 1 radical (unpaired) electrons. The van der Waals surface area contributed by atoms with Crippen molar-refractivity contribution in [2.24, 2.45) is 0 Å². The van der Waals surface area contributed by atoms with E-state index in [2.05, 4.69) is 365 Å². The van der Waals surface area contributed by atoms with Crippen molar-refractivity contribution in [2.45, 2.75) is 45.2 Å². The number of hydrogen-bond donors (Lipinski definition) is 2. The highest BCUT2D eigenvalue weighted by atomic mass is 79.9. The van der Waals surface area contributed by atoms with Crippen molar-refractivity contribution in [2.75, 3.05) is 5.23 Å². The number of anilines is 1. The summed E-state index contributed by atoms with van der Waals surface area (Å²) in [5, 5.41) is 39.5. The number of benzene rings is 18. The largest absolute Gasteiger partial charge is 0.364 e. The van der Waals surface area contributed by atoms with Crippen LogP contribution in [0.25, 0.3) is 203 Å². The minimum atomic E-state index is -1.41. The van der Waals surface area contributed by atoms with Gasteiger partial charge in [-0.3, -0.25) is 0 Å². The number of para-hydroxylation sites is 4. The molecular formula is C116H87B2BrCl2N3O4PS3-. The van der Waals surface area contributed by atoms with Gasteiger partial charge in [-0.25, -0.2) is 9.68 Å². The summed E-state index contributed by atoms with van der Waals surface area (Å²) in [5.74, 6) is 0. The van der Waals surface area contributed by atoms with Crippen LogP contribution < -0.4 is 5.23 Å². The van der Waals surface area contributed by atoms with Crippen LogP contribution in [0.1, 0.15) is 39.5 Å². The van der Waals surface area contributed by atoms with Crippen LogP contribution in [0, 0.1) is 7.43 Å². The molecule has 0 amide bonds. The van der Waals surface area contributed by atoms with E-state index in [9.17, 15) is 10.2 Å². The Morgan fingerprint density at radius 2 is 0.644 bits per heavy atom. The summed E-state index contributed by atoms with van der Waals surface area (Å²) in [4.78, 5) is 12.4. The zero-order chi connectivity index (χ0) is 90.9. The van der Waals surface area contributed by atoms with Crippen molar-refractivity contribution < 1.29 is 19.9 Å². The van der Waals surface area contributed by atoms with Gasteiger partial charge >= 0.3 is 0 Å². The summed E-state index contributed by atoms with van der Waals surface area (Å²) in [6, 6.07) is 139. The van der Waals surface area contributed by atoms with Crippen molar-refractivity contribution in [1.82, 2.24) is 8.80 Å². The molecule has 641 valence electrons. The van der Waals surface area contributed by atoms with Crippen molar-refractivity contribution in [3.05, 3.63) is 422 Å². The molecule has 1 aliphatic rings. The molecule has 1 aliphatic heterocycles. The van der Waals surface area contributed by atoms with Crippen LogP contribution in [-0.4, -0.2) is 47.4 Å². The Labute approximate surface area is 802 Å². The summed E-state index contributed by atoms with van der Waals surface area (Å²) < 4.78 is 26.2. The number of halogens is 3. The first-order valence-corrected chi connectivity index (χ1v) is 48.0. The molecule has 7 aromatic heterocycles. The highest BCUT2D eigenvalue weighted by Crippen LogP contribution is 2.49. The molecule has 1 saturated heterocycles. The molecule has 16 heteroatoms. The fraction of sp³-hybridized carbons (Fsp3) is 0.0603. The summed E-state index contributed by atoms with van der Waals surface area (Å²) in [6.45, 7) is 9.66. The molecule has 0 aliphatic carbocycles. The molecule has 26 rings (SSSR count). The average molecular weight is 1890 g/mol. The summed E-state index contributed by atoms with van der Waals surface area (Å²) in [7, 11) is 1.42. The summed E-state index contributed by atoms with van der Waals surface area (Å²) >= 11 is 20.9. The quantitative estimate of drug-likeness (QED) is 0.0652. The van der Waals surface area contributed by atoms with Gasteiger partial charge < -0.3 is 26.4 Å². The molecular weight excluding hydrogens is 1800 g/mol. The highest BCUT2D eigenvalue weighted by molar-refractivity contribution is 9.10. The van der Waals surface area contributed by atoms with Crippen LogP contribution in [0.5, 0.6) is 0 Å². The first kappa shape index (κ1) is 85.0. The van der Waals surface area contributed by atoms with E-state index in [-0.39, 0.29) is 7.43 Å². The number of hydrogen-bond acceptors (Lipinski definition) is 8. The second-order valence-corrected chi connectivity index (χ2v) is 39.1. The third-order valence-electron chi connectivity index (χ3n) is 25.2. The molecule has 18 aromatic carbocycles. The lowest BCUT2D eigenvalue weighted by atomic mass is 9.79. The second-order valence-electron chi connectivity index (χ2n) is 33.7. The Hall–Kier alpha value is -12.5. The lowest BCUT2D eigenvalue weighted by molar-refractivity contribution is -0.0412. The summed E-state index contributed by atoms with van der Waals surface area (Å²) in [6.07, 6.45) is -1.41. The second kappa shape index (κ2) is 36.6. The van der Waals surface area contributed by atoms with Gasteiger partial charge in [-0.2, -0.15) is 9.12 Å². The van der Waals surface area contributed by atoms with Crippen molar-refractivity contribution in [3.8, 4) is 66.8 Å². The normalized spacial score (nSPS) is 13.0. The first-order valence-electron chi connectivity index (χ1n) is 44.5. The van der Waals surface area contributed by atoms with Gasteiger partial charge in [-0.1, -0.05) is 312 Å². The van der Waals surface area contributed by atoms with Gasteiger partial charge in [0, 0.05) is 124 Å². The van der Waals surface area contributed by atoms with E-state index in [0.29, 0.717) is 5.56 Å². The van der Waals surface area contributed by atoms with Crippen LogP contribution in [0.3, 0.4) is 0 Å². The highest BCUT2D eigenvalue weighted by Gasteiger charge is 2.50. The maximum atomic E-state index is 9.31.